The molecule has 140 valence electrons. The molecule has 3 aromatic rings. The second-order valence-electron chi connectivity index (χ2n) is 6.97. The van der Waals surface area contributed by atoms with Crippen LogP contribution in [0.2, 0.25) is 0 Å². The number of aromatic nitrogens is 1. The van der Waals surface area contributed by atoms with Crippen LogP contribution in [0, 0.1) is 0 Å². The predicted molar refractivity (Wildman–Crippen MR) is 109 cm³/mol. The van der Waals surface area contributed by atoms with Gasteiger partial charge in [0.2, 0.25) is 0 Å². The number of hydrogen-bond donors (Lipinski definition) is 0. The summed E-state index contributed by atoms with van der Waals surface area (Å²) in [4.78, 5) is 19.8. The molecule has 2 heterocycles. The fourth-order valence-electron chi connectivity index (χ4n) is 3.62. The van der Waals surface area contributed by atoms with Gasteiger partial charge in [-0.3, -0.25) is 4.79 Å². The van der Waals surface area contributed by atoms with E-state index in [4.69, 9.17) is 9.72 Å². The minimum absolute atomic E-state index is 0.0900. The van der Waals surface area contributed by atoms with Crippen LogP contribution in [0.3, 0.4) is 0 Å². The summed E-state index contributed by atoms with van der Waals surface area (Å²) in [6, 6.07) is 17.8. The number of fused-ring (bicyclic) bond motifs is 1. The van der Waals surface area contributed by atoms with Crippen molar-refractivity contribution in [2.24, 2.45) is 0 Å². The Morgan fingerprint density at radius 1 is 1.22 bits per heavy atom. The zero-order valence-corrected chi connectivity index (χ0v) is 16.3. The van der Waals surface area contributed by atoms with E-state index in [9.17, 15) is 4.79 Å². The Balaban J connectivity index is 1.47. The molecule has 2 atom stereocenters. The monoisotopic (exact) mass is 380 g/mol. The number of benzene rings is 2. The Labute approximate surface area is 163 Å². The van der Waals surface area contributed by atoms with Crippen molar-refractivity contribution in [3.63, 3.8) is 0 Å². The summed E-state index contributed by atoms with van der Waals surface area (Å²) in [5, 5.41) is 1.14. The first-order valence-electron chi connectivity index (χ1n) is 9.60. The molecule has 2 aromatic carbocycles. The average molecular weight is 381 g/mol. The Hall–Kier alpha value is -2.40. The largest absolute Gasteiger partial charge is 0.481 e. The van der Waals surface area contributed by atoms with E-state index in [1.807, 2.05) is 54.3 Å². The summed E-state index contributed by atoms with van der Waals surface area (Å²) in [5.74, 6) is 1.15. The SMILES string of the molecule is CC[C@H](Oc1ccccc1)C(=O)N1CCC[C@H](c2nc3ccccc3s2)C1. The van der Waals surface area contributed by atoms with Gasteiger partial charge in [-0.25, -0.2) is 4.98 Å². The van der Waals surface area contributed by atoms with E-state index in [0.717, 1.165) is 42.2 Å². The van der Waals surface area contributed by atoms with Gasteiger partial charge in [-0.2, -0.15) is 0 Å². The molecule has 5 heteroatoms. The zero-order chi connectivity index (χ0) is 18.6. The molecular formula is C22H24N2O2S. The normalized spacial score (nSPS) is 18.4. The smallest absolute Gasteiger partial charge is 0.263 e. The summed E-state index contributed by atoms with van der Waals surface area (Å²) in [6.45, 7) is 3.53. The van der Waals surface area contributed by atoms with Crippen LogP contribution in [0.1, 0.15) is 37.1 Å². The number of carbonyl (C=O) groups excluding carboxylic acids is 1. The van der Waals surface area contributed by atoms with Crippen molar-refractivity contribution < 1.29 is 9.53 Å². The lowest BCUT2D eigenvalue weighted by atomic mass is 9.98. The molecule has 1 aromatic heterocycles. The molecule has 0 aliphatic carbocycles. The third-order valence-corrected chi connectivity index (χ3v) is 6.26. The summed E-state index contributed by atoms with van der Waals surface area (Å²) in [7, 11) is 0. The molecule has 1 aliphatic heterocycles. The topological polar surface area (TPSA) is 42.4 Å². The molecule has 1 aliphatic rings. The number of nitrogens with zero attached hydrogens (tertiary/aromatic N) is 2. The van der Waals surface area contributed by atoms with Crippen LogP contribution in [0.15, 0.2) is 54.6 Å². The highest BCUT2D eigenvalue weighted by molar-refractivity contribution is 7.18. The molecule has 1 amide bonds. The molecule has 1 fully saturated rings. The maximum absolute atomic E-state index is 13.1. The lowest BCUT2D eigenvalue weighted by Crippen LogP contribution is -2.46. The zero-order valence-electron chi connectivity index (χ0n) is 15.5. The van der Waals surface area contributed by atoms with Gasteiger partial charge in [0.1, 0.15) is 5.75 Å². The van der Waals surface area contributed by atoms with Gasteiger partial charge in [-0.15, -0.1) is 11.3 Å². The number of ether oxygens (including phenoxy) is 1. The Morgan fingerprint density at radius 3 is 2.78 bits per heavy atom. The molecule has 1 saturated heterocycles. The maximum atomic E-state index is 13.1. The van der Waals surface area contributed by atoms with E-state index in [-0.39, 0.29) is 5.91 Å². The fourth-order valence-corrected chi connectivity index (χ4v) is 4.71. The molecule has 4 nitrogen and oxygen atoms in total. The van der Waals surface area contributed by atoms with Crippen LogP contribution >= 0.6 is 11.3 Å². The average Bonchev–Trinajstić information content (AvgIpc) is 3.17. The summed E-state index contributed by atoms with van der Waals surface area (Å²) in [5.41, 5.74) is 1.06. The molecule has 0 spiro atoms. The van der Waals surface area contributed by atoms with Crippen molar-refractivity contribution in [3.05, 3.63) is 59.6 Å². The minimum Gasteiger partial charge on any atom is -0.481 e. The molecular weight excluding hydrogens is 356 g/mol. The van der Waals surface area contributed by atoms with Crippen molar-refractivity contribution in [2.45, 2.75) is 38.2 Å². The van der Waals surface area contributed by atoms with Gasteiger partial charge in [-0.05, 0) is 43.5 Å². The van der Waals surface area contributed by atoms with Crippen molar-refractivity contribution in [1.29, 1.82) is 0 Å². The Morgan fingerprint density at radius 2 is 2.00 bits per heavy atom. The summed E-state index contributed by atoms with van der Waals surface area (Å²) >= 11 is 1.75. The molecule has 4 rings (SSSR count). The highest BCUT2D eigenvalue weighted by Gasteiger charge is 2.31. The van der Waals surface area contributed by atoms with Gasteiger partial charge in [0.15, 0.2) is 6.10 Å². The molecule has 27 heavy (non-hydrogen) atoms. The van der Waals surface area contributed by atoms with Crippen LogP contribution in [-0.4, -0.2) is 35.0 Å². The predicted octanol–water partition coefficient (Wildman–Crippen LogP) is 4.86. The number of likely N-dealkylation sites (tertiary alicyclic amines) is 1. The third kappa shape index (κ3) is 3.98. The van der Waals surface area contributed by atoms with Gasteiger partial charge >= 0.3 is 0 Å². The number of piperidine rings is 1. The highest BCUT2D eigenvalue weighted by Crippen LogP contribution is 2.33. The standard InChI is InChI=1S/C22H24N2O2S/c1-2-19(26-17-10-4-3-5-11-17)22(25)24-14-8-9-16(15-24)21-23-18-12-6-7-13-20(18)27-21/h3-7,10-13,16,19H,2,8-9,14-15H2,1H3/t16-,19-/m0/s1. The summed E-state index contributed by atoms with van der Waals surface area (Å²) in [6.07, 6.45) is 2.32. The second kappa shape index (κ2) is 8.09. The van der Waals surface area contributed by atoms with Crippen LogP contribution in [-0.2, 0) is 4.79 Å². The van der Waals surface area contributed by atoms with Crippen LogP contribution < -0.4 is 4.74 Å². The summed E-state index contributed by atoms with van der Waals surface area (Å²) < 4.78 is 7.18. The number of rotatable bonds is 5. The maximum Gasteiger partial charge on any atom is 0.263 e. The number of carbonyl (C=O) groups is 1. The Bertz CT molecular complexity index is 876. The molecule has 0 unspecified atom stereocenters. The van der Waals surface area contributed by atoms with Crippen molar-refractivity contribution in [3.8, 4) is 5.75 Å². The van der Waals surface area contributed by atoms with Crippen molar-refractivity contribution in [1.82, 2.24) is 9.88 Å². The van der Waals surface area contributed by atoms with Crippen LogP contribution in [0.25, 0.3) is 10.2 Å². The molecule has 0 N–H and O–H groups in total. The van der Waals surface area contributed by atoms with E-state index in [1.54, 1.807) is 11.3 Å². The highest BCUT2D eigenvalue weighted by atomic mass is 32.1. The number of amides is 1. The molecule has 0 bridgehead atoms. The van der Waals surface area contributed by atoms with Gasteiger partial charge in [0.05, 0.1) is 15.2 Å². The van der Waals surface area contributed by atoms with E-state index in [0.29, 0.717) is 12.3 Å². The fraction of sp³-hybridized carbons (Fsp3) is 0.364. The lowest BCUT2D eigenvalue weighted by Gasteiger charge is -2.34. The Kier molecular flexibility index (Phi) is 5.39. The minimum atomic E-state index is -0.429. The second-order valence-corrected chi connectivity index (χ2v) is 8.03. The van der Waals surface area contributed by atoms with Gasteiger partial charge in [0.25, 0.3) is 5.91 Å². The van der Waals surface area contributed by atoms with Crippen LogP contribution in [0.4, 0.5) is 0 Å². The van der Waals surface area contributed by atoms with Crippen molar-refractivity contribution in [2.75, 3.05) is 13.1 Å². The van der Waals surface area contributed by atoms with E-state index in [1.165, 1.54) is 4.70 Å². The first kappa shape index (κ1) is 18.0. The van der Waals surface area contributed by atoms with E-state index < -0.39 is 6.10 Å². The van der Waals surface area contributed by atoms with Crippen molar-refractivity contribution >= 4 is 27.5 Å². The molecule has 0 saturated carbocycles. The first-order chi connectivity index (χ1) is 13.2. The lowest BCUT2D eigenvalue weighted by molar-refractivity contribution is -0.140. The number of hydrogen-bond acceptors (Lipinski definition) is 4. The third-order valence-electron chi connectivity index (χ3n) is 5.06. The van der Waals surface area contributed by atoms with Gasteiger partial charge in [-0.1, -0.05) is 37.3 Å². The van der Waals surface area contributed by atoms with E-state index >= 15 is 0 Å². The van der Waals surface area contributed by atoms with Crippen LogP contribution in [0.5, 0.6) is 5.75 Å². The van der Waals surface area contributed by atoms with Gasteiger partial charge in [0, 0.05) is 19.0 Å². The van der Waals surface area contributed by atoms with Gasteiger partial charge < -0.3 is 9.64 Å². The number of thiazole rings is 1. The molecule has 0 radical (unpaired) electrons. The quantitative estimate of drug-likeness (QED) is 0.635. The number of para-hydroxylation sites is 2. The van der Waals surface area contributed by atoms with E-state index in [2.05, 4.69) is 12.1 Å². The first-order valence-corrected chi connectivity index (χ1v) is 10.4.